The highest BCUT2D eigenvalue weighted by molar-refractivity contribution is 6.30. The van der Waals surface area contributed by atoms with E-state index in [4.69, 9.17) is 16.3 Å². The Morgan fingerprint density at radius 1 is 1.25 bits per heavy atom. The molecule has 0 spiro atoms. The van der Waals surface area contributed by atoms with E-state index < -0.39 is 6.10 Å². The van der Waals surface area contributed by atoms with Crippen molar-refractivity contribution in [2.45, 2.75) is 33.3 Å². The number of benzene rings is 1. The molecule has 2 rings (SSSR count). The molecule has 1 unspecified atom stereocenters. The van der Waals surface area contributed by atoms with Crippen LogP contribution >= 0.6 is 11.6 Å². The number of pyridine rings is 1. The molecule has 1 N–H and O–H groups in total. The average molecular weight is 292 g/mol. The van der Waals surface area contributed by atoms with Crippen LogP contribution in [0.15, 0.2) is 30.5 Å². The van der Waals surface area contributed by atoms with E-state index in [2.05, 4.69) is 4.98 Å². The van der Waals surface area contributed by atoms with Crippen molar-refractivity contribution >= 4 is 11.6 Å². The molecule has 0 saturated heterocycles. The second-order valence-corrected chi connectivity index (χ2v) is 5.25. The number of nitrogens with zero attached hydrogens (tertiary/aromatic N) is 1. The number of rotatable bonds is 4. The standard InChI is InChI=1S/C16H18ClNO2/c1-4-15(19)14-6-5-13(9-18-14)20-16-10(2)7-12(17)8-11(16)3/h5-9,15,19H,4H2,1-3H3. The highest BCUT2D eigenvalue weighted by atomic mass is 35.5. The lowest BCUT2D eigenvalue weighted by molar-refractivity contribution is 0.169. The number of aromatic nitrogens is 1. The molecule has 0 amide bonds. The van der Waals surface area contributed by atoms with Gasteiger partial charge in [-0.2, -0.15) is 0 Å². The van der Waals surface area contributed by atoms with Crippen molar-refractivity contribution in [2.75, 3.05) is 0 Å². The van der Waals surface area contributed by atoms with Gasteiger partial charge in [-0.1, -0.05) is 18.5 Å². The molecule has 0 fully saturated rings. The average Bonchev–Trinajstić information content (AvgIpc) is 2.42. The summed E-state index contributed by atoms with van der Waals surface area (Å²) in [6.07, 6.45) is 1.74. The number of aryl methyl sites for hydroxylation is 2. The summed E-state index contributed by atoms with van der Waals surface area (Å²) in [4.78, 5) is 4.22. The molecule has 20 heavy (non-hydrogen) atoms. The van der Waals surface area contributed by atoms with E-state index in [1.165, 1.54) is 0 Å². The zero-order chi connectivity index (χ0) is 14.7. The molecule has 4 heteroatoms. The van der Waals surface area contributed by atoms with Gasteiger partial charge in [-0.15, -0.1) is 0 Å². The molecule has 0 bridgehead atoms. The quantitative estimate of drug-likeness (QED) is 0.896. The van der Waals surface area contributed by atoms with Gasteiger partial charge in [0.1, 0.15) is 11.5 Å². The Labute approximate surface area is 124 Å². The van der Waals surface area contributed by atoms with Crippen LogP contribution in [0.25, 0.3) is 0 Å². The number of hydrogen-bond acceptors (Lipinski definition) is 3. The first-order chi connectivity index (χ1) is 9.51. The zero-order valence-electron chi connectivity index (χ0n) is 11.9. The van der Waals surface area contributed by atoms with E-state index in [0.717, 1.165) is 16.9 Å². The SMILES string of the molecule is CCC(O)c1ccc(Oc2c(C)cc(Cl)cc2C)cn1. The van der Waals surface area contributed by atoms with Crippen LogP contribution in [-0.4, -0.2) is 10.1 Å². The minimum absolute atomic E-state index is 0.525. The summed E-state index contributed by atoms with van der Waals surface area (Å²) in [6.45, 7) is 5.82. The maximum Gasteiger partial charge on any atom is 0.145 e. The molecule has 1 aromatic heterocycles. The van der Waals surface area contributed by atoms with E-state index >= 15 is 0 Å². The Kier molecular flexibility index (Phi) is 4.63. The molecule has 0 saturated carbocycles. The highest BCUT2D eigenvalue weighted by Crippen LogP contribution is 2.31. The van der Waals surface area contributed by atoms with Crippen molar-refractivity contribution < 1.29 is 9.84 Å². The van der Waals surface area contributed by atoms with Gasteiger partial charge in [0, 0.05) is 5.02 Å². The third-order valence-electron chi connectivity index (χ3n) is 3.13. The third kappa shape index (κ3) is 3.30. The lowest BCUT2D eigenvalue weighted by Crippen LogP contribution is -1.99. The molecule has 2 aromatic rings. The first-order valence-corrected chi connectivity index (χ1v) is 6.97. The van der Waals surface area contributed by atoms with Crippen LogP contribution in [0.4, 0.5) is 0 Å². The largest absolute Gasteiger partial charge is 0.455 e. The van der Waals surface area contributed by atoms with E-state index in [-0.39, 0.29) is 0 Å². The first-order valence-electron chi connectivity index (χ1n) is 6.60. The van der Waals surface area contributed by atoms with Gasteiger partial charge < -0.3 is 9.84 Å². The van der Waals surface area contributed by atoms with Gasteiger partial charge in [-0.3, -0.25) is 4.98 Å². The van der Waals surface area contributed by atoms with Crippen molar-refractivity contribution in [2.24, 2.45) is 0 Å². The van der Waals surface area contributed by atoms with E-state index in [1.807, 2.05) is 39.0 Å². The van der Waals surface area contributed by atoms with Crippen molar-refractivity contribution in [3.05, 3.63) is 52.3 Å². The number of aliphatic hydroxyl groups excluding tert-OH is 1. The molecule has 1 atom stereocenters. The Morgan fingerprint density at radius 2 is 1.90 bits per heavy atom. The molecule has 0 radical (unpaired) electrons. The highest BCUT2D eigenvalue weighted by Gasteiger charge is 2.09. The first kappa shape index (κ1) is 14.8. The number of aliphatic hydroxyl groups is 1. The van der Waals surface area contributed by atoms with Crippen LogP contribution in [0.2, 0.25) is 5.02 Å². The Hall–Kier alpha value is -1.58. The predicted molar refractivity (Wildman–Crippen MR) is 80.5 cm³/mol. The number of halogens is 1. The van der Waals surface area contributed by atoms with Gasteiger partial charge in [-0.05, 0) is 55.7 Å². The third-order valence-corrected chi connectivity index (χ3v) is 3.35. The molecular formula is C16H18ClNO2. The Balaban J connectivity index is 2.23. The fraction of sp³-hybridized carbons (Fsp3) is 0.312. The lowest BCUT2D eigenvalue weighted by Gasteiger charge is -2.13. The Morgan fingerprint density at radius 3 is 2.40 bits per heavy atom. The van der Waals surface area contributed by atoms with Crippen LogP contribution in [-0.2, 0) is 0 Å². The van der Waals surface area contributed by atoms with Gasteiger partial charge in [0.05, 0.1) is 18.0 Å². The molecule has 0 aliphatic carbocycles. The minimum atomic E-state index is -0.525. The van der Waals surface area contributed by atoms with Crippen molar-refractivity contribution in [1.29, 1.82) is 0 Å². The topological polar surface area (TPSA) is 42.4 Å². The molecule has 1 heterocycles. The zero-order valence-corrected chi connectivity index (χ0v) is 12.6. The minimum Gasteiger partial charge on any atom is -0.455 e. The smallest absolute Gasteiger partial charge is 0.145 e. The van der Waals surface area contributed by atoms with Crippen LogP contribution < -0.4 is 4.74 Å². The summed E-state index contributed by atoms with van der Waals surface area (Å²) >= 11 is 6.00. The van der Waals surface area contributed by atoms with Crippen LogP contribution in [0.1, 0.15) is 36.3 Å². The van der Waals surface area contributed by atoms with E-state index in [1.54, 1.807) is 12.3 Å². The normalized spacial score (nSPS) is 12.2. The second kappa shape index (κ2) is 6.25. The molecular weight excluding hydrogens is 274 g/mol. The van der Waals surface area contributed by atoms with Crippen LogP contribution in [0, 0.1) is 13.8 Å². The van der Waals surface area contributed by atoms with E-state index in [0.29, 0.717) is 22.9 Å². The van der Waals surface area contributed by atoms with Crippen molar-refractivity contribution in [1.82, 2.24) is 4.98 Å². The van der Waals surface area contributed by atoms with Gasteiger partial charge in [0.15, 0.2) is 0 Å². The summed E-state index contributed by atoms with van der Waals surface area (Å²) in [5.41, 5.74) is 2.62. The van der Waals surface area contributed by atoms with Gasteiger partial charge in [-0.25, -0.2) is 0 Å². The van der Waals surface area contributed by atoms with Crippen LogP contribution in [0.3, 0.4) is 0 Å². The maximum atomic E-state index is 9.71. The molecule has 1 aromatic carbocycles. The summed E-state index contributed by atoms with van der Waals surface area (Å²) in [6, 6.07) is 7.33. The summed E-state index contributed by atoms with van der Waals surface area (Å²) < 4.78 is 5.86. The fourth-order valence-corrected chi connectivity index (χ4v) is 2.36. The summed E-state index contributed by atoms with van der Waals surface area (Å²) in [5, 5.41) is 10.4. The van der Waals surface area contributed by atoms with Crippen LogP contribution in [0.5, 0.6) is 11.5 Å². The summed E-state index contributed by atoms with van der Waals surface area (Å²) in [7, 11) is 0. The molecule has 3 nitrogen and oxygen atoms in total. The second-order valence-electron chi connectivity index (χ2n) is 4.81. The fourth-order valence-electron chi connectivity index (χ4n) is 2.03. The van der Waals surface area contributed by atoms with Gasteiger partial charge in [0.25, 0.3) is 0 Å². The number of ether oxygens (including phenoxy) is 1. The summed E-state index contributed by atoms with van der Waals surface area (Å²) in [5.74, 6) is 1.44. The van der Waals surface area contributed by atoms with Gasteiger partial charge in [0.2, 0.25) is 0 Å². The predicted octanol–water partition coefficient (Wildman–Crippen LogP) is 4.59. The van der Waals surface area contributed by atoms with Crippen molar-refractivity contribution in [3.63, 3.8) is 0 Å². The molecule has 0 aliphatic rings. The lowest BCUT2D eigenvalue weighted by atomic mass is 10.1. The maximum absolute atomic E-state index is 9.71. The van der Waals surface area contributed by atoms with E-state index in [9.17, 15) is 5.11 Å². The molecule has 0 aliphatic heterocycles. The van der Waals surface area contributed by atoms with Crippen molar-refractivity contribution in [3.8, 4) is 11.5 Å². The van der Waals surface area contributed by atoms with Gasteiger partial charge >= 0.3 is 0 Å². The number of hydrogen-bond donors (Lipinski definition) is 1. The molecule has 106 valence electrons. The monoisotopic (exact) mass is 291 g/mol. The Bertz CT molecular complexity index is 573.